The Morgan fingerprint density at radius 3 is 2.12 bits per heavy atom. The van der Waals surface area contributed by atoms with Crippen LogP contribution in [0.3, 0.4) is 0 Å². The van der Waals surface area contributed by atoms with Crippen LogP contribution in [0.1, 0.15) is 20.3 Å². The maximum atomic E-state index is 5.41. The first-order valence-electron chi connectivity index (χ1n) is 3.32. The van der Waals surface area contributed by atoms with E-state index in [9.17, 15) is 0 Å². The molecule has 0 radical (unpaired) electrons. The van der Waals surface area contributed by atoms with Gasteiger partial charge in [-0.25, -0.2) is 0 Å². The van der Waals surface area contributed by atoms with E-state index in [4.69, 9.17) is 5.73 Å². The molecule has 0 saturated heterocycles. The molecule has 0 saturated carbocycles. The van der Waals surface area contributed by atoms with Gasteiger partial charge in [0, 0.05) is 9.52 Å². The molecule has 0 spiro atoms. The summed E-state index contributed by atoms with van der Waals surface area (Å²) >= 11 is 0. The normalized spacial score (nSPS) is 13.5. The quantitative estimate of drug-likeness (QED) is 0.562. The Morgan fingerprint density at radius 2 is 2.00 bits per heavy atom. The number of nitrogens with two attached hydrogens (primary N) is 1. The lowest BCUT2D eigenvalue weighted by Gasteiger charge is -2.20. The van der Waals surface area contributed by atoms with Crippen LogP contribution in [0, 0.1) is 0 Å². The first-order chi connectivity index (χ1) is 3.62. The van der Waals surface area contributed by atoms with Gasteiger partial charge in [0.25, 0.3) is 0 Å². The second kappa shape index (κ2) is 3.25. The summed E-state index contributed by atoms with van der Waals surface area (Å²) in [5, 5.41) is 0.606. The highest BCUT2D eigenvalue weighted by Crippen LogP contribution is 2.25. The second-order valence-electron chi connectivity index (χ2n) is 3.06. The first kappa shape index (κ1) is 8.18. The van der Waals surface area contributed by atoms with Crippen molar-refractivity contribution >= 4 is 9.52 Å². The van der Waals surface area contributed by atoms with Crippen LogP contribution in [0.4, 0.5) is 0 Å². The highest BCUT2D eigenvalue weighted by atomic mass is 28.2. The Balaban J connectivity index is 3.37. The van der Waals surface area contributed by atoms with Crippen molar-refractivity contribution in [2.24, 2.45) is 5.73 Å². The molecule has 0 aromatic carbocycles. The first-order valence-corrected chi connectivity index (χ1v) is 5.44. The van der Waals surface area contributed by atoms with Crippen molar-refractivity contribution in [3.63, 3.8) is 0 Å². The molecule has 0 aliphatic rings. The molecule has 0 heterocycles. The summed E-state index contributed by atoms with van der Waals surface area (Å²) in [6.45, 7) is 7.82. The van der Waals surface area contributed by atoms with E-state index in [1.165, 1.54) is 6.42 Å². The average molecular weight is 131 g/mol. The topological polar surface area (TPSA) is 26.0 Å². The molecular formula is C6H17NSi. The van der Waals surface area contributed by atoms with Crippen LogP contribution in [-0.2, 0) is 0 Å². The highest BCUT2D eigenvalue weighted by molar-refractivity contribution is 6.37. The molecular weight excluding hydrogens is 114 g/mol. The van der Waals surface area contributed by atoms with E-state index < -0.39 is 0 Å². The van der Waals surface area contributed by atoms with Crippen molar-refractivity contribution < 1.29 is 0 Å². The van der Waals surface area contributed by atoms with Crippen molar-refractivity contribution in [1.82, 2.24) is 0 Å². The van der Waals surface area contributed by atoms with Gasteiger partial charge in [0.05, 0.1) is 0 Å². The Hall–Kier alpha value is 0.177. The van der Waals surface area contributed by atoms with E-state index in [1.54, 1.807) is 0 Å². The van der Waals surface area contributed by atoms with Crippen LogP contribution < -0.4 is 5.73 Å². The van der Waals surface area contributed by atoms with Gasteiger partial charge in [0.15, 0.2) is 0 Å². The van der Waals surface area contributed by atoms with Crippen molar-refractivity contribution in [3.05, 3.63) is 0 Å². The highest BCUT2D eigenvalue weighted by Gasteiger charge is 2.12. The zero-order valence-corrected chi connectivity index (χ0v) is 7.61. The molecule has 0 atom stereocenters. The number of hydrogen-bond donors (Lipinski definition) is 1. The van der Waals surface area contributed by atoms with Gasteiger partial charge in [0.2, 0.25) is 0 Å². The minimum Gasteiger partial charge on any atom is -0.330 e. The number of rotatable bonds is 3. The largest absolute Gasteiger partial charge is 0.330 e. The van der Waals surface area contributed by atoms with Gasteiger partial charge in [-0.1, -0.05) is 20.4 Å². The second-order valence-corrected chi connectivity index (χ2v) is 5.68. The van der Waals surface area contributed by atoms with Crippen molar-refractivity contribution in [1.29, 1.82) is 0 Å². The Kier molecular flexibility index (Phi) is 3.32. The molecule has 0 aliphatic carbocycles. The molecule has 1 nitrogen and oxygen atoms in total. The summed E-state index contributed by atoms with van der Waals surface area (Å²) < 4.78 is 0. The lowest BCUT2D eigenvalue weighted by atomic mass is 10.1. The van der Waals surface area contributed by atoms with Crippen LogP contribution >= 0.6 is 0 Å². The van der Waals surface area contributed by atoms with Gasteiger partial charge >= 0.3 is 0 Å². The van der Waals surface area contributed by atoms with E-state index in [0.717, 1.165) is 6.54 Å². The minimum atomic E-state index is 0.151. The van der Waals surface area contributed by atoms with Crippen molar-refractivity contribution in [3.8, 4) is 0 Å². The van der Waals surface area contributed by atoms with Crippen molar-refractivity contribution in [2.45, 2.75) is 31.9 Å². The zero-order valence-electron chi connectivity index (χ0n) is 6.20. The minimum absolute atomic E-state index is 0.151. The van der Waals surface area contributed by atoms with E-state index >= 15 is 0 Å². The summed E-state index contributed by atoms with van der Waals surface area (Å²) in [6.07, 6.45) is 1.20. The lowest BCUT2D eigenvalue weighted by molar-refractivity contribution is 0.614. The van der Waals surface area contributed by atoms with Gasteiger partial charge < -0.3 is 5.73 Å². The maximum absolute atomic E-state index is 5.41. The molecule has 50 valence electrons. The molecule has 0 aromatic rings. The van der Waals surface area contributed by atoms with E-state index in [0.29, 0.717) is 5.04 Å². The third-order valence-corrected chi connectivity index (χ3v) is 4.05. The summed E-state index contributed by atoms with van der Waals surface area (Å²) in [5.41, 5.74) is 5.41. The molecule has 2 N–H and O–H groups in total. The lowest BCUT2D eigenvalue weighted by Crippen LogP contribution is -2.15. The molecule has 0 aliphatic heterocycles. The standard InChI is InChI=1S/C6H17NSi/c1-6(2,8-3)4-5-7/h4-5,7-8H2,1-3H3. The molecule has 0 bridgehead atoms. The van der Waals surface area contributed by atoms with Gasteiger partial charge in [0.1, 0.15) is 0 Å². The number of hydrogen-bond acceptors (Lipinski definition) is 1. The Morgan fingerprint density at radius 1 is 1.50 bits per heavy atom. The molecule has 0 fully saturated rings. The smallest absolute Gasteiger partial charge is 0.0233 e. The van der Waals surface area contributed by atoms with Crippen molar-refractivity contribution in [2.75, 3.05) is 6.54 Å². The van der Waals surface area contributed by atoms with Crippen LogP contribution in [0.25, 0.3) is 0 Å². The van der Waals surface area contributed by atoms with E-state index in [1.807, 2.05) is 0 Å². The fraction of sp³-hybridized carbons (Fsp3) is 1.00. The zero-order chi connectivity index (χ0) is 6.62. The third kappa shape index (κ3) is 3.21. The monoisotopic (exact) mass is 131 g/mol. The third-order valence-electron chi connectivity index (χ3n) is 1.78. The van der Waals surface area contributed by atoms with Crippen LogP contribution in [0.2, 0.25) is 11.6 Å². The summed E-state index contributed by atoms with van der Waals surface area (Å²) in [4.78, 5) is 0. The van der Waals surface area contributed by atoms with Crippen LogP contribution in [0.15, 0.2) is 0 Å². The van der Waals surface area contributed by atoms with Crippen LogP contribution in [-0.4, -0.2) is 16.1 Å². The fourth-order valence-corrected chi connectivity index (χ4v) is 1.13. The van der Waals surface area contributed by atoms with Gasteiger partial charge in [-0.3, -0.25) is 0 Å². The predicted octanol–water partition coefficient (Wildman–Crippen LogP) is 0.751. The molecule has 0 amide bonds. The molecule has 0 rings (SSSR count). The van der Waals surface area contributed by atoms with Gasteiger partial charge in [-0.05, 0) is 18.0 Å². The average Bonchev–Trinajstić information content (AvgIpc) is 1.67. The summed E-state index contributed by atoms with van der Waals surface area (Å²) in [7, 11) is 0.151. The SMILES string of the molecule is C[SiH2]C(C)(C)CCN. The molecule has 0 aromatic heterocycles. The van der Waals surface area contributed by atoms with Crippen LogP contribution in [0.5, 0.6) is 0 Å². The molecule has 2 heteroatoms. The van der Waals surface area contributed by atoms with Gasteiger partial charge in [-0.15, -0.1) is 0 Å². The molecule has 0 unspecified atom stereocenters. The fourth-order valence-electron chi connectivity index (χ4n) is 0.568. The summed E-state index contributed by atoms with van der Waals surface area (Å²) in [6, 6.07) is 0. The van der Waals surface area contributed by atoms with Gasteiger partial charge in [-0.2, -0.15) is 0 Å². The Labute approximate surface area is 54.5 Å². The summed E-state index contributed by atoms with van der Waals surface area (Å²) in [5.74, 6) is 0. The van der Waals surface area contributed by atoms with E-state index in [2.05, 4.69) is 20.4 Å². The maximum Gasteiger partial charge on any atom is 0.0233 e. The van der Waals surface area contributed by atoms with E-state index in [-0.39, 0.29) is 9.52 Å². The molecule has 8 heavy (non-hydrogen) atoms. The predicted molar refractivity (Wildman–Crippen MR) is 42.1 cm³/mol. The Bertz CT molecular complexity index is 61.5.